The van der Waals surface area contributed by atoms with Crippen LogP contribution < -0.4 is 4.31 Å². The first-order chi connectivity index (χ1) is 11.9. The highest BCUT2D eigenvalue weighted by Crippen LogP contribution is 2.37. The first-order valence-corrected chi connectivity index (χ1v) is 10.0. The highest BCUT2D eigenvalue weighted by atomic mass is 32.2. The van der Waals surface area contributed by atoms with Crippen LogP contribution in [0.5, 0.6) is 0 Å². The summed E-state index contributed by atoms with van der Waals surface area (Å²) in [4.78, 5) is 11.3. The molecule has 0 fully saturated rings. The van der Waals surface area contributed by atoms with Gasteiger partial charge in [-0.15, -0.1) is 0 Å². The van der Waals surface area contributed by atoms with Crippen molar-refractivity contribution in [3.05, 3.63) is 75.7 Å². The Balaban J connectivity index is 1.99. The van der Waals surface area contributed by atoms with E-state index in [4.69, 9.17) is 0 Å². The van der Waals surface area contributed by atoms with E-state index < -0.39 is 20.8 Å². The summed E-state index contributed by atoms with van der Waals surface area (Å²) < 4.78 is 25.5. The Morgan fingerprint density at radius 1 is 1.16 bits per heavy atom. The summed E-state index contributed by atoms with van der Waals surface area (Å²) in [5.74, 6) is -0.0471. The number of nitro benzene ring substituents is 1. The quantitative estimate of drug-likeness (QED) is 0.449. The second kappa shape index (κ2) is 6.89. The molecule has 0 spiro atoms. The van der Waals surface area contributed by atoms with Crippen LogP contribution in [-0.4, -0.2) is 25.1 Å². The minimum atomic E-state index is -3.24. The van der Waals surface area contributed by atoms with Gasteiger partial charge in [-0.2, -0.15) is 0 Å². The van der Waals surface area contributed by atoms with Crippen molar-refractivity contribution in [3.63, 3.8) is 0 Å². The number of anilines is 1. The number of sulfone groups is 1. The van der Waals surface area contributed by atoms with E-state index in [1.54, 1.807) is 24.3 Å². The maximum Gasteiger partial charge on any atom is 0.284 e. The molecule has 25 heavy (non-hydrogen) atoms. The first kappa shape index (κ1) is 17.5. The van der Waals surface area contributed by atoms with Crippen molar-refractivity contribution in [3.8, 4) is 0 Å². The lowest BCUT2D eigenvalue weighted by Gasteiger charge is -2.28. The van der Waals surface area contributed by atoms with E-state index in [1.807, 2.05) is 35.5 Å². The Hall–Kier alpha value is -2.32. The molecule has 0 bridgehead atoms. The van der Waals surface area contributed by atoms with Gasteiger partial charge in [-0.1, -0.05) is 29.8 Å². The van der Waals surface area contributed by atoms with E-state index in [1.165, 1.54) is 23.4 Å². The Kier molecular flexibility index (Phi) is 4.82. The van der Waals surface area contributed by atoms with Gasteiger partial charge in [-0.25, -0.2) is 8.42 Å². The zero-order valence-corrected chi connectivity index (χ0v) is 15.0. The lowest BCUT2D eigenvalue weighted by atomic mass is 10.2. The predicted octanol–water partition coefficient (Wildman–Crippen LogP) is 3.73. The van der Waals surface area contributed by atoms with Crippen molar-refractivity contribution < 1.29 is 13.3 Å². The molecule has 0 saturated carbocycles. The van der Waals surface area contributed by atoms with E-state index >= 15 is 0 Å². The van der Waals surface area contributed by atoms with Crippen LogP contribution in [0.15, 0.2) is 64.9 Å². The van der Waals surface area contributed by atoms with E-state index in [9.17, 15) is 18.5 Å². The number of rotatable bonds is 5. The molecule has 1 aliphatic heterocycles. The van der Waals surface area contributed by atoms with Crippen molar-refractivity contribution in [2.75, 3.05) is 10.1 Å². The van der Waals surface area contributed by atoms with Crippen molar-refractivity contribution in [2.24, 2.45) is 0 Å². The maximum absolute atomic E-state index is 11.8. The van der Waals surface area contributed by atoms with Crippen molar-refractivity contribution in [2.45, 2.75) is 17.9 Å². The summed E-state index contributed by atoms with van der Waals surface area (Å²) >= 11 is 1.18. The maximum atomic E-state index is 11.8. The van der Waals surface area contributed by atoms with Crippen molar-refractivity contribution >= 4 is 33.2 Å². The summed E-state index contributed by atoms with van der Waals surface area (Å²) in [5.41, 5.74) is 1.86. The number of aryl methyl sites for hydroxylation is 1. The average Bonchev–Trinajstić information content (AvgIpc) is 2.93. The Labute approximate surface area is 150 Å². The molecule has 0 amide bonds. The van der Waals surface area contributed by atoms with Crippen molar-refractivity contribution in [1.29, 1.82) is 0 Å². The van der Waals surface area contributed by atoms with Crippen molar-refractivity contribution in [1.82, 2.24) is 0 Å². The van der Waals surface area contributed by atoms with Gasteiger partial charge >= 0.3 is 0 Å². The molecule has 0 N–H and O–H groups in total. The molecule has 0 saturated heterocycles. The second-order valence-corrected chi connectivity index (χ2v) is 8.65. The lowest BCUT2D eigenvalue weighted by molar-refractivity contribution is -0.387. The van der Waals surface area contributed by atoms with Gasteiger partial charge in [0.2, 0.25) is 0 Å². The number of nitro groups is 1. The molecule has 8 heteroatoms. The van der Waals surface area contributed by atoms with Gasteiger partial charge in [0.15, 0.2) is 9.84 Å². The monoisotopic (exact) mass is 376 g/mol. The van der Waals surface area contributed by atoms with Gasteiger partial charge in [0.25, 0.3) is 5.69 Å². The highest BCUT2D eigenvalue weighted by molar-refractivity contribution is 8.01. The fourth-order valence-electron chi connectivity index (χ4n) is 2.50. The Bertz CT molecular complexity index is 924. The van der Waals surface area contributed by atoms with Crippen LogP contribution in [-0.2, 0) is 9.84 Å². The van der Waals surface area contributed by atoms with Gasteiger partial charge < -0.3 is 4.31 Å². The number of hydrogen-bond acceptors (Lipinski definition) is 6. The second-order valence-electron chi connectivity index (χ2n) is 5.70. The minimum absolute atomic E-state index is 0.00514. The highest BCUT2D eigenvalue weighted by Gasteiger charge is 2.30. The van der Waals surface area contributed by atoms with E-state index in [0.717, 1.165) is 11.3 Å². The normalized spacial score (nSPS) is 18.2. The topological polar surface area (TPSA) is 80.5 Å². The molecule has 1 atom stereocenters. The van der Waals surface area contributed by atoms with Gasteiger partial charge in [-0.05, 0) is 43.1 Å². The van der Waals surface area contributed by atoms with Crippen LogP contribution in [0.4, 0.5) is 11.4 Å². The largest absolute Gasteiger partial charge is 0.304 e. The Morgan fingerprint density at radius 3 is 2.44 bits per heavy atom. The molecule has 0 unspecified atom stereocenters. The molecule has 6 nitrogen and oxygen atoms in total. The molecule has 2 aromatic rings. The smallest absolute Gasteiger partial charge is 0.284 e. The van der Waals surface area contributed by atoms with Gasteiger partial charge in [0.1, 0.15) is 4.90 Å². The molecular formula is C17H16N2O4S2. The summed E-state index contributed by atoms with van der Waals surface area (Å²) in [6, 6.07) is 13.7. The summed E-state index contributed by atoms with van der Waals surface area (Å²) in [6.45, 7) is 1.96. The molecule has 0 aromatic heterocycles. The summed E-state index contributed by atoms with van der Waals surface area (Å²) in [6.07, 6.45) is 1.62. The number of nitrogens with zero attached hydrogens (tertiary/aromatic N) is 2. The van der Waals surface area contributed by atoms with Crippen LogP contribution in [0.1, 0.15) is 5.56 Å². The summed E-state index contributed by atoms with van der Waals surface area (Å²) in [5, 5.41) is 12.5. The molecule has 2 aromatic carbocycles. The third-order valence-electron chi connectivity index (χ3n) is 3.76. The fraction of sp³-hybridized carbons (Fsp3) is 0.176. The van der Waals surface area contributed by atoms with Crippen LogP contribution in [0.2, 0.25) is 0 Å². The lowest BCUT2D eigenvalue weighted by Crippen LogP contribution is -2.30. The molecule has 0 radical (unpaired) electrons. The molecule has 1 heterocycles. The third-order valence-corrected chi connectivity index (χ3v) is 6.36. The zero-order chi connectivity index (χ0) is 18.0. The average molecular weight is 376 g/mol. The standard InChI is InChI=1S/C17H16N2O4S2/c1-13-6-8-14(9-7-13)18(15-10-11-25(22,23)12-15)24-17-5-3-2-4-16(17)19(20)21/h2-11,15H,12H2,1H3/t15-/m0/s1. The van der Waals surface area contributed by atoms with E-state index in [0.29, 0.717) is 4.90 Å². The van der Waals surface area contributed by atoms with Crippen LogP contribution in [0, 0.1) is 17.0 Å². The van der Waals surface area contributed by atoms with E-state index in [-0.39, 0.29) is 11.4 Å². The van der Waals surface area contributed by atoms with Crippen LogP contribution >= 0.6 is 11.9 Å². The molecule has 1 aliphatic rings. The van der Waals surface area contributed by atoms with Gasteiger partial charge in [-0.3, -0.25) is 10.1 Å². The molecular weight excluding hydrogens is 360 g/mol. The third kappa shape index (κ3) is 4.02. The molecule has 130 valence electrons. The number of para-hydroxylation sites is 1. The molecule has 3 rings (SSSR count). The summed E-state index contributed by atoms with van der Waals surface area (Å²) in [7, 11) is -3.24. The number of hydrogen-bond donors (Lipinski definition) is 0. The zero-order valence-electron chi connectivity index (χ0n) is 13.4. The minimum Gasteiger partial charge on any atom is -0.304 e. The van der Waals surface area contributed by atoms with E-state index in [2.05, 4.69) is 0 Å². The number of benzene rings is 2. The van der Waals surface area contributed by atoms with Gasteiger partial charge in [0, 0.05) is 17.2 Å². The van der Waals surface area contributed by atoms with Crippen LogP contribution in [0.3, 0.4) is 0 Å². The fourth-order valence-corrected chi connectivity index (χ4v) is 4.96. The first-order valence-electron chi connectivity index (χ1n) is 7.54. The van der Waals surface area contributed by atoms with Crippen LogP contribution in [0.25, 0.3) is 0 Å². The molecule has 0 aliphatic carbocycles. The SMILES string of the molecule is Cc1ccc(N(Sc2ccccc2[N+](=O)[O-])[C@H]2C=CS(=O)(=O)C2)cc1. The predicted molar refractivity (Wildman–Crippen MR) is 99.3 cm³/mol. The Morgan fingerprint density at radius 2 is 1.84 bits per heavy atom. The van der Waals surface area contributed by atoms with Gasteiger partial charge in [0.05, 0.1) is 16.7 Å².